The highest BCUT2D eigenvalue weighted by atomic mass is 35.5. The minimum Gasteiger partial charge on any atom is -0.378 e. The SMILES string of the molecule is CN1CCN(c2ccc(-c3nc4ncc(Cl)c(N[C@H]5[C@@H](C(N)=O)[C@@H]6C=C[C@@H]5C6)c4[nH]3)cc2)CC1. The largest absolute Gasteiger partial charge is 0.378 e. The third-order valence-corrected chi connectivity index (χ3v) is 7.87. The highest BCUT2D eigenvalue weighted by Crippen LogP contribution is 2.46. The van der Waals surface area contributed by atoms with Gasteiger partial charge in [0.1, 0.15) is 11.3 Å². The van der Waals surface area contributed by atoms with E-state index in [1.807, 2.05) is 0 Å². The summed E-state index contributed by atoms with van der Waals surface area (Å²) < 4.78 is 0. The van der Waals surface area contributed by atoms with Crippen molar-refractivity contribution in [1.29, 1.82) is 0 Å². The summed E-state index contributed by atoms with van der Waals surface area (Å²) in [4.78, 5) is 29.5. The van der Waals surface area contributed by atoms with E-state index < -0.39 is 0 Å². The molecule has 1 aliphatic heterocycles. The third kappa shape index (κ3) is 3.61. The number of fused-ring (bicyclic) bond motifs is 3. The van der Waals surface area contributed by atoms with E-state index in [4.69, 9.17) is 22.3 Å². The third-order valence-electron chi connectivity index (χ3n) is 7.58. The van der Waals surface area contributed by atoms with Crippen LogP contribution in [0, 0.1) is 17.8 Å². The van der Waals surface area contributed by atoms with Crippen molar-refractivity contribution in [2.45, 2.75) is 12.5 Å². The number of rotatable bonds is 5. The highest BCUT2D eigenvalue weighted by Gasteiger charge is 2.47. The van der Waals surface area contributed by atoms with E-state index >= 15 is 0 Å². The summed E-state index contributed by atoms with van der Waals surface area (Å²) in [5, 5.41) is 4.02. The summed E-state index contributed by atoms with van der Waals surface area (Å²) in [6, 6.07) is 8.37. The molecule has 2 aliphatic carbocycles. The average Bonchev–Trinajstić information content (AvgIpc) is 3.56. The number of likely N-dealkylation sites (N-methyl/N-ethyl adjacent to an activating group) is 1. The van der Waals surface area contributed by atoms with Gasteiger partial charge in [-0.2, -0.15) is 0 Å². The highest BCUT2D eigenvalue weighted by molar-refractivity contribution is 6.34. The number of anilines is 2. The van der Waals surface area contributed by atoms with Crippen LogP contribution in [0.4, 0.5) is 11.4 Å². The Balaban J connectivity index is 1.29. The molecule has 176 valence electrons. The number of aromatic amines is 1. The molecule has 4 atom stereocenters. The van der Waals surface area contributed by atoms with Crippen molar-refractivity contribution in [2.75, 3.05) is 43.4 Å². The first-order valence-corrected chi connectivity index (χ1v) is 12.2. The maximum atomic E-state index is 12.2. The van der Waals surface area contributed by atoms with Gasteiger partial charge in [0.25, 0.3) is 0 Å². The Morgan fingerprint density at radius 2 is 1.88 bits per heavy atom. The lowest BCUT2D eigenvalue weighted by Crippen LogP contribution is -2.44. The van der Waals surface area contributed by atoms with E-state index in [-0.39, 0.29) is 29.7 Å². The average molecular weight is 478 g/mol. The number of piperazine rings is 1. The number of imidazole rings is 1. The number of halogens is 1. The molecule has 3 aromatic rings. The molecule has 1 amide bonds. The van der Waals surface area contributed by atoms with Crippen LogP contribution < -0.4 is 16.0 Å². The number of primary amides is 1. The van der Waals surface area contributed by atoms with Gasteiger partial charge < -0.3 is 25.8 Å². The number of benzene rings is 1. The number of carbonyl (C=O) groups excluding carboxylic acids is 1. The zero-order valence-corrected chi connectivity index (χ0v) is 19.8. The van der Waals surface area contributed by atoms with Gasteiger partial charge in [-0.3, -0.25) is 4.79 Å². The molecule has 0 unspecified atom stereocenters. The number of hydrogen-bond acceptors (Lipinski definition) is 6. The van der Waals surface area contributed by atoms with Crippen LogP contribution in [0.5, 0.6) is 0 Å². The first-order valence-electron chi connectivity index (χ1n) is 11.8. The zero-order valence-electron chi connectivity index (χ0n) is 19.0. The van der Waals surface area contributed by atoms with Gasteiger partial charge in [0.15, 0.2) is 5.65 Å². The van der Waals surface area contributed by atoms with Gasteiger partial charge >= 0.3 is 0 Å². The van der Waals surface area contributed by atoms with Gasteiger partial charge in [-0.05, 0) is 49.6 Å². The molecule has 2 bridgehead atoms. The Hall–Kier alpha value is -3.10. The number of amides is 1. The number of pyridine rings is 1. The summed E-state index contributed by atoms with van der Waals surface area (Å²) in [5.74, 6) is 0.649. The molecule has 3 heterocycles. The number of H-pyrrole nitrogens is 1. The van der Waals surface area contributed by atoms with Gasteiger partial charge in [-0.15, -0.1) is 0 Å². The maximum absolute atomic E-state index is 12.2. The van der Waals surface area contributed by atoms with Crippen LogP contribution >= 0.6 is 11.6 Å². The van der Waals surface area contributed by atoms with Crippen LogP contribution in [-0.2, 0) is 4.79 Å². The number of allylic oxidation sites excluding steroid dienone is 1. The van der Waals surface area contributed by atoms with Gasteiger partial charge in [-0.1, -0.05) is 23.8 Å². The molecule has 2 fully saturated rings. The van der Waals surface area contributed by atoms with Crippen molar-refractivity contribution >= 4 is 40.0 Å². The van der Waals surface area contributed by atoms with Crippen LogP contribution in [0.15, 0.2) is 42.6 Å². The second-order valence-corrected chi connectivity index (χ2v) is 10.1. The topological polar surface area (TPSA) is 103 Å². The number of hydrogen-bond donors (Lipinski definition) is 3. The maximum Gasteiger partial charge on any atom is 0.223 e. The molecule has 1 aromatic carbocycles. The summed E-state index contributed by atoms with van der Waals surface area (Å²) in [7, 11) is 2.16. The van der Waals surface area contributed by atoms with E-state index in [9.17, 15) is 4.79 Å². The monoisotopic (exact) mass is 477 g/mol. The summed E-state index contributed by atoms with van der Waals surface area (Å²) >= 11 is 6.57. The summed E-state index contributed by atoms with van der Waals surface area (Å²) in [6.45, 7) is 4.20. The fourth-order valence-electron chi connectivity index (χ4n) is 5.68. The van der Waals surface area contributed by atoms with E-state index in [1.54, 1.807) is 6.20 Å². The van der Waals surface area contributed by atoms with E-state index in [1.165, 1.54) is 5.69 Å². The van der Waals surface area contributed by atoms with Crippen molar-refractivity contribution in [2.24, 2.45) is 23.5 Å². The van der Waals surface area contributed by atoms with Crippen molar-refractivity contribution in [3.8, 4) is 11.4 Å². The van der Waals surface area contributed by atoms with Crippen molar-refractivity contribution in [1.82, 2.24) is 19.9 Å². The Labute approximate surface area is 203 Å². The molecule has 9 heteroatoms. The first kappa shape index (κ1) is 21.4. The second kappa shape index (κ2) is 8.29. The van der Waals surface area contributed by atoms with Gasteiger partial charge in [0, 0.05) is 43.5 Å². The molecule has 0 radical (unpaired) electrons. The summed E-state index contributed by atoms with van der Waals surface area (Å²) in [5.41, 5.74) is 9.99. The van der Waals surface area contributed by atoms with E-state index in [0.717, 1.165) is 55.2 Å². The van der Waals surface area contributed by atoms with Crippen molar-refractivity contribution < 1.29 is 4.79 Å². The van der Waals surface area contributed by atoms with E-state index in [2.05, 4.69) is 68.5 Å². The Morgan fingerprint density at radius 1 is 1.15 bits per heavy atom. The van der Waals surface area contributed by atoms with E-state index in [0.29, 0.717) is 10.7 Å². The number of aromatic nitrogens is 3. The molecule has 0 spiro atoms. The van der Waals surface area contributed by atoms with Crippen LogP contribution in [0.1, 0.15) is 6.42 Å². The molecule has 8 nitrogen and oxygen atoms in total. The van der Waals surface area contributed by atoms with Crippen LogP contribution in [-0.4, -0.2) is 65.0 Å². The first-order chi connectivity index (χ1) is 16.5. The number of nitrogens with two attached hydrogens (primary N) is 1. The molecular weight excluding hydrogens is 450 g/mol. The lowest BCUT2D eigenvalue weighted by Gasteiger charge is -2.34. The lowest BCUT2D eigenvalue weighted by molar-refractivity contribution is -0.122. The minimum absolute atomic E-state index is 0.0924. The van der Waals surface area contributed by atoms with Crippen LogP contribution in [0.25, 0.3) is 22.6 Å². The molecule has 3 aliphatic rings. The van der Waals surface area contributed by atoms with Crippen molar-refractivity contribution in [3.63, 3.8) is 0 Å². The molecule has 4 N–H and O–H groups in total. The Bertz CT molecular complexity index is 1260. The van der Waals surface area contributed by atoms with Gasteiger partial charge in [0.2, 0.25) is 5.91 Å². The molecule has 34 heavy (non-hydrogen) atoms. The quantitative estimate of drug-likeness (QED) is 0.488. The molecular formula is C25H28ClN7O. The zero-order chi connectivity index (χ0) is 23.4. The fourth-order valence-corrected chi connectivity index (χ4v) is 5.88. The van der Waals surface area contributed by atoms with Gasteiger partial charge in [-0.25, -0.2) is 9.97 Å². The summed E-state index contributed by atoms with van der Waals surface area (Å²) in [6.07, 6.45) is 6.83. The Kier molecular flexibility index (Phi) is 5.22. The minimum atomic E-state index is -0.276. The number of nitrogens with zero attached hydrogens (tertiary/aromatic N) is 4. The molecule has 1 saturated carbocycles. The molecule has 1 saturated heterocycles. The van der Waals surface area contributed by atoms with Crippen LogP contribution in [0.2, 0.25) is 5.02 Å². The fraction of sp³-hybridized carbons (Fsp3) is 0.400. The smallest absolute Gasteiger partial charge is 0.223 e. The number of carbonyl (C=O) groups is 1. The molecule has 2 aromatic heterocycles. The lowest BCUT2D eigenvalue weighted by atomic mass is 9.88. The number of nitrogens with one attached hydrogen (secondary N) is 2. The normalized spacial score (nSPS) is 26.5. The van der Waals surface area contributed by atoms with Gasteiger partial charge in [0.05, 0.1) is 22.8 Å². The predicted molar refractivity (Wildman–Crippen MR) is 135 cm³/mol. The second-order valence-electron chi connectivity index (χ2n) is 9.65. The van der Waals surface area contributed by atoms with Crippen LogP contribution in [0.3, 0.4) is 0 Å². The standard InChI is InChI=1S/C25H28ClN7O/c1-32-8-10-33(11-9-32)17-6-4-14(5-7-17)24-30-22-21(18(26)13-28-25(22)31-24)29-20-16-3-2-15(12-16)19(20)23(27)34/h2-7,13,15-16,19-20H,8-12H2,1H3,(H2,27,34)(H2,28,29,30,31)/t15-,16-,19+,20-/m1/s1. The van der Waals surface area contributed by atoms with Crippen molar-refractivity contribution in [3.05, 3.63) is 47.6 Å². The molecule has 6 rings (SSSR count). The Morgan fingerprint density at radius 3 is 2.62 bits per heavy atom. The predicted octanol–water partition coefficient (Wildman–Crippen LogP) is 3.12.